The van der Waals surface area contributed by atoms with Gasteiger partial charge in [0.2, 0.25) is 0 Å². The molecule has 0 radical (unpaired) electrons. The van der Waals surface area contributed by atoms with Crippen LogP contribution < -0.4 is 14.8 Å². The minimum atomic E-state index is -0.718. The van der Waals surface area contributed by atoms with Crippen molar-refractivity contribution in [3.05, 3.63) is 52.0 Å². The molecule has 1 amide bonds. The predicted molar refractivity (Wildman–Crippen MR) is 94.9 cm³/mol. The zero-order valence-electron chi connectivity index (χ0n) is 13.5. The van der Waals surface area contributed by atoms with Gasteiger partial charge in [-0.05, 0) is 30.3 Å². The van der Waals surface area contributed by atoms with Crippen molar-refractivity contribution in [2.45, 2.75) is 0 Å². The number of benzene rings is 2. The van der Waals surface area contributed by atoms with Crippen molar-refractivity contribution in [2.24, 2.45) is 0 Å². The quantitative estimate of drug-likeness (QED) is 0.767. The topological polar surface area (TPSA) is 73.9 Å². The summed E-state index contributed by atoms with van der Waals surface area (Å²) in [5.74, 6) is -0.629. The van der Waals surface area contributed by atoms with Crippen LogP contribution in [0.5, 0.6) is 11.5 Å². The number of hydrogen-bond donors (Lipinski definition) is 1. The Morgan fingerprint density at radius 2 is 1.84 bits per heavy atom. The van der Waals surface area contributed by atoms with Crippen molar-refractivity contribution in [3.63, 3.8) is 0 Å². The molecule has 8 heteroatoms. The minimum Gasteiger partial charge on any atom is -0.493 e. The Balaban J connectivity index is 2.00. The molecule has 0 saturated carbocycles. The molecule has 0 bridgehead atoms. The molecule has 0 aromatic heterocycles. The normalized spacial score (nSPS) is 10.1. The molecule has 132 valence electrons. The molecule has 0 aliphatic carbocycles. The highest BCUT2D eigenvalue weighted by atomic mass is 35.5. The van der Waals surface area contributed by atoms with Gasteiger partial charge < -0.3 is 19.5 Å². The molecule has 0 spiro atoms. The Hall–Kier alpha value is -2.44. The fourth-order valence-electron chi connectivity index (χ4n) is 2.01. The van der Waals surface area contributed by atoms with Crippen molar-refractivity contribution in [2.75, 3.05) is 26.1 Å². The van der Waals surface area contributed by atoms with E-state index in [0.717, 1.165) is 0 Å². The second kappa shape index (κ2) is 8.60. The highest BCUT2D eigenvalue weighted by molar-refractivity contribution is 6.32. The molecule has 0 atom stereocenters. The number of methoxy groups -OCH3 is 2. The van der Waals surface area contributed by atoms with Crippen LogP contribution in [0.25, 0.3) is 0 Å². The van der Waals surface area contributed by atoms with Gasteiger partial charge in [-0.1, -0.05) is 29.3 Å². The van der Waals surface area contributed by atoms with Gasteiger partial charge in [-0.2, -0.15) is 0 Å². The Labute approximate surface area is 154 Å². The first kappa shape index (κ1) is 18.9. The van der Waals surface area contributed by atoms with Crippen molar-refractivity contribution in [3.8, 4) is 11.5 Å². The zero-order valence-corrected chi connectivity index (χ0v) is 15.0. The molecular formula is C17H15Cl2NO5. The molecule has 6 nitrogen and oxygen atoms in total. The van der Waals surface area contributed by atoms with E-state index in [1.165, 1.54) is 26.4 Å². The third-order valence-electron chi connectivity index (χ3n) is 3.11. The zero-order chi connectivity index (χ0) is 18.4. The number of ether oxygens (including phenoxy) is 3. The molecule has 0 aliphatic heterocycles. The van der Waals surface area contributed by atoms with Gasteiger partial charge in [0.15, 0.2) is 18.1 Å². The Morgan fingerprint density at radius 1 is 1.08 bits per heavy atom. The number of rotatable bonds is 6. The fourth-order valence-corrected chi connectivity index (χ4v) is 2.49. The third-order valence-corrected chi connectivity index (χ3v) is 3.63. The number of anilines is 1. The number of esters is 1. The van der Waals surface area contributed by atoms with Gasteiger partial charge in [-0.15, -0.1) is 0 Å². The minimum absolute atomic E-state index is 0.137. The van der Waals surface area contributed by atoms with Crippen molar-refractivity contribution in [1.29, 1.82) is 0 Å². The Morgan fingerprint density at radius 3 is 2.48 bits per heavy atom. The summed E-state index contributed by atoms with van der Waals surface area (Å²) in [4.78, 5) is 23.9. The maximum Gasteiger partial charge on any atom is 0.338 e. The molecule has 0 unspecified atom stereocenters. The van der Waals surface area contributed by atoms with E-state index in [-0.39, 0.29) is 16.3 Å². The van der Waals surface area contributed by atoms with Crippen LogP contribution in [0.15, 0.2) is 36.4 Å². The lowest BCUT2D eigenvalue weighted by molar-refractivity contribution is -0.119. The van der Waals surface area contributed by atoms with Gasteiger partial charge in [0.05, 0.1) is 24.8 Å². The number of halogens is 2. The lowest BCUT2D eigenvalue weighted by atomic mass is 10.2. The smallest absolute Gasteiger partial charge is 0.338 e. The maximum absolute atomic E-state index is 12.1. The summed E-state index contributed by atoms with van der Waals surface area (Å²) in [6.07, 6.45) is 0. The van der Waals surface area contributed by atoms with Crippen LogP contribution in [-0.4, -0.2) is 32.7 Å². The Bertz CT molecular complexity index is 795. The van der Waals surface area contributed by atoms with Crippen LogP contribution in [-0.2, 0) is 9.53 Å². The summed E-state index contributed by atoms with van der Waals surface area (Å²) in [6.45, 7) is -0.461. The fraction of sp³-hybridized carbons (Fsp3) is 0.176. The molecule has 0 aliphatic rings. The average molecular weight is 384 g/mol. The van der Waals surface area contributed by atoms with E-state index in [1.807, 2.05) is 0 Å². The van der Waals surface area contributed by atoms with Crippen molar-refractivity contribution < 1.29 is 23.8 Å². The molecule has 0 fully saturated rings. The van der Waals surface area contributed by atoms with Crippen LogP contribution in [0.2, 0.25) is 10.0 Å². The van der Waals surface area contributed by atoms with Crippen molar-refractivity contribution in [1.82, 2.24) is 0 Å². The maximum atomic E-state index is 12.1. The highest BCUT2D eigenvalue weighted by Gasteiger charge is 2.17. The third kappa shape index (κ3) is 5.01. The lowest BCUT2D eigenvalue weighted by Crippen LogP contribution is -2.21. The number of hydrogen-bond acceptors (Lipinski definition) is 5. The lowest BCUT2D eigenvalue weighted by Gasteiger charge is -2.11. The van der Waals surface area contributed by atoms with Gasteiger partial charge in [0, 0.05) is 10.7 Å². The van der Waals surface area contributed by atoms with E-state index in [2.05, 4.69) is 5.32 Å². The largest absolute Gasteiger partial charge is 0.493 e. The van der Waals surface area contributed by atoms with E-state index < -0.39 is 18.5 Å². The van der Waals surface area contributed by atoms with Crippen molar-refractivity contribution >= 4 is 40.8 Å². The predicted octanol–water partition coefficient (Wildman–Crippen LogP) is 3.81. The van der Waals surface area contributed by atoms with Gasteiger partial charge in [-0.25, -0.2) is 4.79 Å². The molecule has 1 N–H and O–H groups in total. The molecular weight excluding hydrogens is 369 g/mol. The van der Waals surface area contributed by atoms with Gasteiger partial charge in [0.1, 0.15) is 0 Å². The first-order valence-corrected chi connectivity index (χ1v) is 7.84. The van der Waals surface area contributed by atoms with Crippen LogP contribution in [0.4, 0.5) is 5.69 Å². The van der Waals surface area contributed by atoms with Crippen LogP contribution >= 0.6 is 23.2 Å². The summed E-state index contributed by atoms with van der Waals surface area (Å²) >= 11 is 11.9. The first-order chi connectivity index (χ1) is 11.9. The number of carbonyl (C=O) groups excluding carboxylic acids is 2. The monoisotopic (exact) mass is 383 g/mol. The van der Waals surface area contributed by atoms with Gasteiger partial charge in [-0.3, -0.25) is 4.79 Å². The van der Waals surface area contributed by atoms with Crippen LogP contribution in [0, 0.1) is 0 Å². The van der Waals surface area contributed by atoms with Crippen LogP contribution in [0.1, 0.15) is 10.4 Å². The number of nitrogens with one attached hydrogen (secondary N) is 1. The van der Waals surface area contributed by atoms with Crippen LogP contribution in [0.3, 0.4) is 0 Å². The molecule has 2 aromatic rings. The molecule has 2 rings (SSSR count). The number of amides is 1. The average Bonchev–Trinajstić information content (AvgIpc) is 2.58. The summed E-state index contributed by atoms with van der Waals surface area (Å²) in [7, 11) is 2.85. The summed E-state index contributed by atoms with van der Waals surface area (Å²) < 4.78 is 15.2. The molecule has 0 saturated heterocycles. The summed E-state index contributed by atoms with van der Waals surface area (Å²) in [5.41, 5.74) is 0.640. The van der Waals surface area contributed by atoms with Gasteiger partial charge >= 0.3 is 5.97 Å². The van der Waals surface area contributed by atoms with E-state index in [0.29, 0.717) is 16.5 Å². The van der Waals surface area contributed by atoms with E-state index >= 15 is 0 Å². The Kier molecular flexibility index (Phi) is 6.50. The van der Waals surface area contributed by atoms with Gasteiger partial charge in [0.25, 0.3) is 5.91 Å². The summed E-state index contributed by atoms with van der Waals surface area (Å²) in [6, 6.07) is 9.41. The second-order valence-corrected chi connectivity index (χ2v) is 5.67. The highest BCUT2D eigenvalue weighted by Crippen LogP contribution is 2.36. The SMILES string of the molecule is COc1cc(C(=O)OCC(=O)Nc2cccc(Cl)c2)cc(Cl)c1OC. The number of carbonyl (C=O) groups is 2. The van der Waals surface area contributed by atoms with E-state index in [1.54, 1.807) is 24.3 Å². The van der Waals surface area contributed by atoms with E-state index in [9.17, 15) is 9.59 Å². The molecule has 0 heterocycles. The standard InChI is InChI=1S/C17H15Cl2NO5/c1-23-14-7-10(6-13(19)16(14)24-2)17(22)25-9-15(21)20-12-5-3-4-11(18)8-12/h3-8H,9H2,1-2H3,(H,20,21). The summed E-state index contributed by atoms with van der Waals surface area (Å²) in [5, 5.41) is 3.24. The second-order valence-electron chi connectivity index (χ2n) is 4.83. The molecule has 2 aromatic carbocycles. The van der Waals surface area contributed by atoms with E-state index in [4.69, 9.17) is 37.4 Å². The molecule has 25 heavy (non-hydrogen) atoms. The first-order valence-electron chi connectivity index (χ1n) is 7.08.